The number of pyridine rings is 1. The Balaban J connectivity index is 2.01. The number of aryl methyl sites for hydroxylation is 1. The average molecular weight is 332 g/mol. The SMILES string of the molecule is Cc1cccn2c(CN(C)CCO)c(C(=O)N3CCOCC3)nc12. The highest BCUT2D eigenvalue weighted by Crippen LogP contribution is 2.19. The molecule has 0 spiro atoms. The number of imidazole rings is 1. The Kier molecular flexibility index (Phi) is 5.13. The molecule has 3 heterocycles. The molecule has 0 saturated carbocycles. The number of likely N-dealkylation sites (N-methyl/N-ethyl adjacent to an activating group) is 1. The highest BCUT2D eigenvalue weighted by atomic mass is 16.5. The Morgan fingerprint density at radius 2 is 2.17 bits per heavy atom. The number of aromatic nitrogens is 2. The van der Waals surface area contributed by atoms with Gasteiger partial charge in [0.25, 0.3) is 5.91 Å². The first-order valence-corrected chi connectivity index (χ1v) is 8.24. The molecule has 7 heteroatoms. The Morgan fingerprint density at radius 1 is 1.42 bits per heavy atom. The number of rotatable bonds is 5. The van der Waals surface area contributed by atoms with E-state index in [0.717, 1.165) is 16.9 Å². The van der Waals surface area contributed by atoms with Gasteiger partial charge < -0.3 is 19.1 Å². The number of aliphatic hydroxyl groups excluding tert-OH is 1. The first-order valence-electron chi connectivity index (χ1n) is 8.24. The van der Waals surface area contributed by atoms with Crippen molar-refractivity contribution in [2.24, 2.45) is 0 Å². The summed E-state index contributed by atoms with van der Waals surface area (Å²) in [7, 11) is 1.93. The number of fused-ring (bicyclic) bond motifs is 1. The number of ether oxygens (including phenoxy) is 1. The third kappa shape index (κ3) is 3.28. The fraction of sp³-hybridized carbons (Fsp3) is 0.529. The van der Waals surface area contributed by atoms with E-state index in [1.165, 1.54) is 0 Å². The van der Waals surface area contributed by atoms with Gasteiger partial charge in [0.05, 0.1) is 25.5 Å². The molecule has 1 N–H and O–H groups in total. The van der Waals surface area contributed by atoms with Crippen LogP contribution < -0.4 is 0 Å². The van der Waals surface area contributed by atoms with E-state index >= 15 is 0 Å². The number of amides is 1. The van der Waals surface area contributed by atoms with E-state index in [-0.39, 0.29) is 12.5 Å². The average Bonchev–Trinajstić information content (AvgIpc) is 2.95. The van der Waals surface area contributed by atoms with E-state index in [1.807, 2.05) is 41.6 Å². The minimum atomic E-state index is -0.0474. The van der Waals surface area contributed by atoms with Crippen LogP contribution in [-0.4, -0.2) is 76.7 Å². The van der Waals surface area contributed by atoms with Crippen LogP contribution in [0.25, 0.3) is 5.65 Å². The molecule has 0 bridgehead atoms. The molecule has 1 amide bonds. The monoisotopic (exact) mass is 332 g/mol. The summed E-state index contributed by atoms with van der Waals surface area (Å²) in [5.74, 6) is -0.0474. The lowest BCUT2D eigenvalue weighted by Gasteiger charge is -2.26. The van der Waals surface area contributed by atoms with Gasteiger partial charge in [-0.3, -0.25) is 9.69 Å². The van der Waals surface area contributed by atoms with E-state index in [4.69, 9.17) is 9.84 Å². The van der Waals surface area contributed by atoms with Gasteiger partial charge in [-0.15, -0.1) is 0 Å². The molecule has 24 heavy (non-hydrogen) atoms. The summed E-state index contributed by atoms with van der Waals surface area (Å²) in [6, 6.07) is 3.95. The predicted molar refractivity (Wildman–Crippen MR) is 90.1 cm³/mol. The topological polar surface area (TPSA) is 70.3 Å². The molecule has 0 atom stereocenters. The second-order valence-corrected chi connectivity index (χ2v) is 6.16. The summed E-state index contributed by atoms with van der Waals surface area (Å²) in [6.07, 6.45) is 1.94. The highest BCUT2D eigenvalue weighted by molar-refractivity contribution is 5.94. The van der Waals surface area contributed by atoms with Crippen molar-refractivity contribution in [3.8, 4) is 0 Å². The summed E-state index contributed by atoms with van der Waals surface area (Å²) < 4.78 is 7.32. The maximum atomic E-state index is 13.0. The van der Waals surface area contributed by atoms with Gasteiger partial charge in [-0.1, -0.05) is 6.07 Å². The standard InChI is InChI=1S/C17H24N4O3/c1-13-4-3-5-21-14(12-19(2)6-9-22)15(18-16(13)21)17(23)20-7-10-24-11-8-20/h3-5,22H,6-12H2,1-2H3. The molecule has 1 fully saturated rings. The van der Waals surface area contributed by atoms with Gasteiger partial charge in [0.1, 0.15) is 5.65 Å². The van der Waals surface area contributed by atoms with E-state index in [9.17, 15) is 4.79 Å². The largest absolute Gasteiger partial charge is 0.395 e. The van der Waals surface area contributed by atoms with Crippen LogP contribution in [0, 0.1) is 6.92 Å². The number of aliphatic hydroxyl groups is 1. The van der Waals surface area contributed by atoms with Crippen molar-refractivity contribution in [1.82, 2.24) is 19.2 Å². The van der Waals surface area contributed by atoms with Crippen molar-refractivity contribution in [1.29, 1.82) is 0 Å². The van der Waals surface area contributed by atoms with Gasteiger partial charge in [-0.2, -0.15) is 0 Å². The van der Waals surface area contributed by atoms with Crippen molar-refractivity contribution in [3.05, 3.63) is 35.3 Å². The molecular weight excluding hydrogens is 308 g/mol. The second-order valence-electron chi connectivity index (χ2n) is 6.16. The second kappa shape index (κ2) is 7.29. The molecular formula is C17H24N4O3. The lowest BCUT2D eigenvalue weighted by molar-refractivity contribution is 0.0298. The van der Waals surface area contributed by atoms with Gasteiger partial charge in [0.15, 0.2) is 5.69 Å². The number of carbonyl (C=O) groups is 1. The summed E-state index contributed by atoms with van der Waals surface area (Å²) in [4.78, 5) is 21.4. The van der Waals surface area contributed by atoms with Gasteiger partial charge in [0.2, 0.25) is 0 Å². The molecule has 2 aromatic rings. The van der Waals surface area contributed by atoms with E-state index < -0.39 is 0 Å². The van der Waals surface area contributed by atoms with E-state index in [0.29, 0.717) is 45.1 Å². The quantitative estimate of drug-likeness (QED) is 0.865. The van der Waals surface area contributed by atoms with Crippen LogP contribution in [0.1, 0.15) is 21.7 Å². The maximum Gasteiger partial charge on any atom is 0.274 e. The Morgan fingerprint density at radius 3 is 2.88 bits per heavy atom. The van der Waals surface area contributed by atoms with E-state index in [2.05, 4.69) is 4.98 Å². The van der Waals surface area contributed by atoms with Gasteiger partial charge in [0, 0.05) is 32.4 Å². The van der Waals surface area contributed by atoms with Crippen LogP contribution in [0.4, 0.5) is 0 Å². The van der Waals surface area contributed by atoms with Crippen molar-refractivity contribution >= 4 is 11.6 Å². The molecule has 0 radical (unpaired) electrons. The molecule has 2 aromatic heterocycles. The van der Waals surface area contributed by atoms with Crippen molar-refractivity contribution in [2.45, 2.75) is 13.5 Å². The maximum absolute atomic E-state index is 13.0. The normalized spacial score (nSPS) is 15.4. The minimum Gasteiger partial charge on any atom is -0.395 e. The fourth-order valence-corrected chi connectivity index (χ4v) is 3.00. The van der Waals surface area contributed by atoms with Gasteiger partial charge in [-0.25, -0.2) is 4.98 Å². The van der Waals surface area contributed by atoms with Crippen molar-refractivity contribution in [3.63, 3.8) is 0 Å². The molecule has 3 rings (SSSR count). The predicted octanol–water partition coefficient (Wildman–Crippen LogP) is 0.539. The summed E-state index contributed by atoms with van der Waals surface area (Å²) in [5.41, 5.74) is 3.20. The highest BCUT2D eigenvalue weighted by Gasteiger charge is 2.26. The molecule has 7 nitrogen and oxygen atoms in total. The molecule has 0 aromatic carbocycles. The first-order chi connectivity index (χ1) is 11.6. The Labute approximate surface area is 141 Å². The zero-order valence-electron chi connectivity index (χ0n) is 14.2. The van der Waals surface area contributed by atoms with Crippen LogP contribution in [0.2, 0.25) is 0 Å². The third-order valence-corrected chi connectivity index (χ3v) is 4.35. The lowest BCUT2D eigenvalue weighted by Crippen LogP contribution is -2.41. The Bertz CT molecular complexity index is 722. The summed E-state index contributed by atoms with van der Waals surface area (Å²) in [6.45, 7) is 5.50. The zero-order valence-corrected chi connectivity index (χ0v) is 14.2. The zero-order chi connectivity index (χ0) is 17.1. The molecule has 130 valence electrons. The van der Waals surface area contributed by atoms with Crippen LogP contribution in [0.3, 0.4) is 0 Å². The van der Waals surface area contributed by atoms with E-state index in [1.54, 1.807) is 4.90 Å². The molecule has 1 aliphatic heterocycles. The molecule has 0 unspecified atom stereocenters. The smallest absolute Gasteiger partial charge is 0.274 e. The van der Waals surface area contributed by atoms with Crippen LogP contribution in [0.15, 0.2) is 18.3 Å². The first kappa shape index (κ1) is 16.9. The Hall–Kier alpha value is -1.96. The van der Waals surface area contributed by atoms with Crippen LogP contribution in [0.5, 0.6) is 0 Å². The number of hydrogen-bond acceptors (Lipinski definition) is 5. The van der Waals surface area contributed by atoms with Gasteiger partial charge >= 0.3 is 0 Å². The fourth-order valence-electron chi connectivity index (χ4n) is 3.00. The summed E-state index contributed by atoms with van der Waals surface area (Å²) in [5, 5.41) is 9.15. The molecule has 1 aliphatic rings. The number of hydrogen-bond donors (Lipinski definition) is 1. The number of carbonyl (C=O) groups excluding carboxylic acids is 1. The molecule has 0 aliphatic carbocycles. The van der Waals surface area contributed by atoms with Crippen LogP contribution >= 0.6 is 0 Å². The molecule has 1 saturated heterocycles. The van der Waals surface area contributed by atoms with Gasteiger partial charge in [-0.05, 0) is 25.6 Å². The summed E-state index contributed by atoms with van der Waals surface area (Å²) >= 11 is 0. The minimum absolute atomic E-state index is 0.0474. The van der Waals surface area contributed by atoms with Crippen LogP contribution in [-0.2, 0) is 11.3 Å². The van der Waals surface area contributed by atoms with Crippen molar-refractivity contribution in [2.75, 3.05) is 46.5 Å². The number of nitrogens with zero attached hydrogens (tertiary/aromatic N) is 4. The number of morpholine rings is 1. The van der Waals surface area contributed by atoms with Crippen molar-refractivity contribution < 1.29 is 14.6 Å². The third-order valence-electron chi connectivity index (χ3n) is 4.35. The lowest BCUT2D eigenvalue weighted by atomic mass is 10.2.